The first-order valence-corrected chi connectivity index (χ1v) is 8.49. The van der Waals surface area contributed by atoms with Gasteiger partial charge in [-0.15, -0.1) is 24.0 Å². The van der Waals surface area contributed by atoms with E-state index in [1.807, 2.05) is 36.4 Å². The van der Waals surface area contributed by atoms with Crippen LogP contribution in [0.5, 0.6) is 17.2 Å². The minimum atomic E-state index is 0. The summed E-state index contributed by atoms with van der Waals surface area (Å²) in [6.07, 6.45) is 0.848. The summed E-state index contributed by atoms with van der Waals surface area (Å²) >= 11 is 0. The number of nitrogens with zero attached hydrogens (tertiary/aromatic N) is 1. The van der Waals surface area contributed by atoms with E-state index in [2.05, 4.69) is 21.7 Å². The van der Waals surface area contributed by atoms with Gasteiger partial charge in [0.05, 0.1) is 21.3 Å². The van der Waals surface area contributed by atoms with Crippen LogP contribution in [0.25, 0.3) is 0 Å². The minimum absolute atomic E-state index is 0. The molecule has 0 fully saturated rings. The van der Waals surface area contributed by atoms with Gasteiger partial charge >= 0.3 is 0 Å². The third-order valence-corrected chi connectivity index (χ3v) is 4.01. The lowest BCUT2D eigenvalue weighted by atomic mass is 10.1. The molecule has 0 saturated heterocycles. The number of rotatable bonds is 8. The van der Waals surface area contributed by atoms with E-state index in [0.29, 0.717) is 12.3 Å². The molecule has 0 spiro atoms. The van der Waals surface area contributed by atoms with Crippen LogP contribution in [-0.2, 0) is 13.0 Å². The van der Waals surface area contributed by atoms with Gasteiger partial charge in [0.15, 0.2) is 17.5 Å². The Balaban J connectivity index is 0.00000364. The standard InChI is InChI=1S/C20H27N3O3.HI/c1-21-20(22-12-11-16-7-5-6-8-17(16)24-2)23-14-15-9-10-18(25-3)19(13-15)26-4;/h5-10,13H,11-12,14H2,1-4H3,(H2,21,22,23);1H. The third kappa shape index (κ3) is 6.82. The topological polar surface area (TPSA) is 64.1 Å². The first-order chi connectivity index (χ1) is 12.7. The molecule has 0 saturated carbocycles. The summed E-state index contributed by atoms with van der Waals surface area (Å²) in [7, 11) is 6.71. The monoisotopic (exact) mass is 485 g/mol. The van der Waals surface area contributed by atoms with Crippen LogP contribution < -0.4 is 24.8 Å². The number of guanidine groups is 1. The SMILES string of the molecule is CN=C(NCCc1ccccc1OC)NCc1ccc(OC)c(OC)c1.I. The minimum Gasteiger partial charge on any atom is -0.496 e. The van der Waals surface area contributed by atoms with Crippen molar-refractivity contribution < 1.29 is 14.2 Å². The van der Waals surface area contributed by atoms with Crippen molar-refractivity contribution >= 4 is 29.9 Å². The van der Waals surface area contributed by atoms with Gasteiger partial charge in [-0.2, -0.15) is 0 Å². The molecule has 0 aliphatic carbocycles. The fraction of sp³-hybridized carbons (Fsp3) is 0.350. The van der Waals surface area contributed by atoms with E-state index >= 15 is 0 Å². The average Bonchev–Trinajstić information content (AvgIpc) is 2.70. The number of nitrogens with one attached hydrogen (secondary N) is 2. The molecule has 7 heteroatoms. The van der Waals surface area contributed by atoms with Gasteiger partial charge in [-0.25, -0.2) is 0 Å². The second kappa shape index (κ2) is 12.3. The molecule has 0 aromatic heterocycles. The first kappa shape index (κ1) is 22.9. The van der Waals surface area contributed by atoms with Crippen molar-refractivity contribution in [1.29, 1.82) is 0 Å². The number of halogens is 1. The van der Waals surface area contributed by atoms with Crippen molar-refractivity contribution in [3.63, 3.8) is 0 Å². The maximum Gasteiger partial charge on any atom is 0.191 e. The van der Waals surface area contributed by atoms with E-state index in [1.54, 1.807) is 28.4 Å². The van der Waals surface area contributed by atoms with Crippen molar-refractivity contribution in [3.8, 4) is 17.2 Å². The van der Waals surface area contributed by atoms with Gasteiger partial charge in [0.1, 0.15) is 5.75 Å². The Hall–Kier alpha value is -2.16. The molecule has 2 aromatic carbocycles. The van der Waals surface area contributed by atoms with Crippen molar-refractivity contribution in [3.05, 3.63) is 53.6 Å². The fourth-order valence-electron chi connectivity index (χ4n) is 2.62. The van der Waals surface area contributed by atoms with E-state index in [4.69, 9.17) is 14.2 Å². The number of para-hydroxylation sites is 1. The van der Waals surface area contributed by atoms with Crippen molar-refractivity contribution in [2.45, 2.75) is 13.0 Å². The Morgan fingerprint density at radius 1 is 0.889 bits per heavy atom. The van der Waals surface area contributed by atoms with Gasteiger partial charge in [-0.3, -0.25) is 4.99 Å². The first-order valence-electron chi connectivity index (χ1n) is 8.49. The normalized spacial score (nSPS) is 10.6. The maximum absolute atomic E-state index is 5.38. The lowest BCUT2D eigenvalue weighted by Gasteiger charge is -2.14. The highest BCUT2D eigenvalue weighted by Gasteiger charge is 2.06. The molecule has 6 nitrogen and oxygen atoms in total. The summed E-state index contributed by atoms with van der Waals surface area (Å²) in [5, 5.41) is 6.62. The highest BCUT2D eigenvalue weighted by atomic mass is 127. The second-order valence-electron chi connectivity index (χ2n) is 5.60. The maximum atomic E-state index is 5.38. The summed E-state index contributed by atoms with van der Waals surface area (Å²) in [5.41, 5.74) is 2.24. The number of benzene rings is 2. The zero-order valence-corrected chi connectivity index (χ0v) is 18.6. The largest absolute Gasteiger partial charge is 0.496 e. The van der Waals surface area contributed by atoms with Crippen LogP contribution >= 0.6 is 24.0 Å². The Bertz CT molecular complexity index is 738. The number of methoxy groups -OCH3 is 3. The van der Waals surface area contributed by atoms with E-state index < -0.39 is 0 Å². The molecular weight excluding hydrogens is 457 g/mol. The number of ether oxygens (including phenoxy) is 3. The molecule has 0 unspecified atom stereocenters. The quantitative estimate of drug-likeness (QED) is 0.342. The van der Waals surface area contributed by atoms with E-state index in [9.17, 15) is 0 Å². The molecule has 2 N–H and O–H groups in total. The second-order valence-corrected chi connectivity index (χ2v) is 5.60. The van der Waals surface area contributed by atoms with Gasteiger partial charge in [0.25, 0.3) is 0 Å². The lowest BCUT2D eigenvalue weighted by Crippen LogP contribution is -2.37. The summed E-state index contributed by atoms with van der Waals surface area (Å²) in [6.45, 7) is 1.39. The van der Waals surface area contributed by atoms with E-state index in [0.717, 1.165) is 41.6 Å². The van der Waals surface area contributed by atoms with Crippen molar-refractivity contribution in [2.24, 2.45) is 4.99 Å². The van der Waals surface area contributed by atoms with Crippen LogP contribution in [0.3, 0.4) is 0 Å². The summed E-state index contributed by atoms with van der Waals surface area (Å²) < 4.78 is 16.0. The smallest absolute Gasteiger partial charge is 0.191 e. The van der Waals surface area contributed by atoms with Crippen LogP contribution in [0, 0.1) is 0 Å². The van der Waals surface area contributed by atoms with Gasteiger partial charge in [-0.05, 0) is 35.7 Å². The van der Waals surface area contributed by atoms with Gasteiger partial charge in [0, 0.05) is 20.1 Å². The predicted octanol–water partition coefficient (Wildman–Crippen LogP) is 3.24. The van der Waals surface area contributed by atoms with Crippen LogP contribution in [0.4, 0.5) is 0 Å². The van der Waals surface area contributed by atoms with Crippen LogP contribution in [0.15, 0.2) is 47.5 Å². The lowest BCUT2D eigenvalue weighted by molar-refractivity contribution is 0.354. The highest BCUT2D eigenvalue weighted by molar-refractivity contribution is 14.0. The highest BCUT2D eigenvalue weighted by Crippen LogP contribution is 2.27. The number of hydrogen-bond donors (Lipinski definition) is 2. The Morgan fingerprint density at radius 2 is 1.59 bits per heavy atom. The van der Waals surface area contributed by atoms with Crippen molar-refractivity contribution in [1.82, 2.24) is 10.6 Å². The summed E-state index contributed by atoms with van der Waals surface area (Å²) in [5.74, 6) is 3.08. The van der Waals surface area contributed by atoms with E-state index in [-0.39, 0.29) is 24.0 Å². The average molecular weight is 485 g/mol. The Morgan fingerprint density at radius 3 is 2.26 bits per heavy atom. The molecule has 2 aromatic rings. The molecule has 2 rings (SSSR count). The Kier molecular flexibility index (Phi) is 10.4. The number of hydrogen-bond acceptors (Lipinski definition) is 4. The fourth-order valence-corrected chi connectivity index (χ4v) is 2.62. The molecular formula is C20H28IN3O3. The van der Waals surface area contributed by atoms with E-state index in [1.165, 1.54) is 0 Å². The molecule has 148 valence electrons. The van der Waals surface area contributed by atoms with Crippen LogP contribution in [0.1, 0.15) is 11.1 Å². The Labute approximate surface area is 178 Å². The molecule has 0 aliphatic heterocycles. The summed E-state index contributed by atoms with van der Waals surface area (Å²) in [4.78, 5) is 4.26. The zero-order chi connectivity index (χ0) is 18.8. The molecule has 0 heterocycles. The predicted molar refractivity (Wildman–Crippen MR) is 120 cm³/mol. The summed E-state index contributed by atoms with van der Waals surface area (Å²) in [6, 6.07) is 13.9. The van der Waals surface area contributed by atoms with Crippen LogP contribution in [0.2, 0.25) is 0 Å². The molecule has 0 aliphatic rings. The molecule has 0 atom stereocenters. The van der Waals surface area contributed by atoms with Crippen LogP contribution in [-0.4, -0.2) is 40.9 Å². The molecule has 0 radical (unpaired) electrons. The van der Waals surface area contributed by atoms with Gasteiger partial charge in [0.2, 0.25) is 0 Å². The van der Waals surface area contributed by atoms with Gasteiger partial charge < -0.3 is 24.8 Å². The number of aliphatic imine (C=N–C) groups is 1. The van der Waals surface area contributed by atoms with Crippen molar-refractivity contribution in [2.75, 3.05) is 34.9 Å². The molecule has 0 amide bonds. The third-order valence-electron chi connectivity index (χ3n) is 4.01. The van der Waals surface area contributed by atoms with Gasteiger partial charge in [-0.1, -0.05) is 24.3 Å². The molecule has 0 bridgehead atoms. The molecule has 27 heavy (non-hydrogen) atoms. The zero-order valence-electron chi connectivity index (χ0n) is 16.2.